The maximum absolute atomic E-state index is 13.1. The number of nitrogens with zero attached hydrogens (tertiary/aromatic N) is 3. The second kappa shape index (κ2) is 10.6. The van der Waals surface area contributed by atoms with Gasteiger partial charge in [-0.2, -0.15) is 13.2 Å². The summed E-state index contributed by atoms with van der Waals surface area (Å²) in [4.78, 5) is 31.1. The van der Waals surface area contributed by atoms with Gasteiger partial charge in [0.1, 0.15) is 11.4 Å². The lowest BCUT2D eigenvalue weighted by atomic mass is 9.81. The van der Waals surface area contributed by atoms with E-state index in [1.807, 2.05) is 6.92 Å². The fourth-order valence-electron chi connectivity index (χ4n) is 5.64. The molecule has 1 saturated carbocycles. The van der Waals surface area contributed by atoms with Crippen LogP contribution < -0.4 is 5.32 Å². The topological polar surface area (TPSA) is 99.2 Å². The molecule has 8 nitrogen and oxygen atoms in total. The van der Waals surface area contributed by atoms with Crippen LogP contribution in [-0.4, -0.2) is 79.9 Å². The van der Waals surface area contributed by atoms with E-state index >= 15 is 0 Å². The van der Waals surface area contributed by atoms with Crippen molar-refractivity contribution in [3.63, 3.8) is 0 Å². The number of halogens is 3. The Morgan fingerprint density at radius 1 is 1.16 bits per heavy atom. The molecular weight excluding hydrogens is 521 g/mol. The number of benzene rings is 1. The van der Waals surface area contributed by atoms with Crippen molar-refractivity contribution in [1.82, 2.24) is 14.5 Å². The molecule has 1 saturated heterocycles. The third kappa shape index (κ3) is 5.90. The van der Waals surface area contributed by atoms with Crippen LogP contribution in [0.5, 0.6) is 0 Å². The number of aliphatic imine (C=N–C) groups is 1. The summed E-state index contributed by atoms with van der Waals surface area (Å²) >= 11 is 0. The maximum atomic E-state index is 13.1. The molecule has 2 aliphatic heterocycles. The summed E-state index contributed by atoms with van der Waals surface area (Å²) in [6, 6.07) is 5.25. The average Bonchev–Trinajstić information content (AvgIpc) is 3.17. The molecule has 4 rings (SSSR count). The number of amidine groups is 1. The van der Waals surface area contributed by atoms with Gasteiger partial charge in [0.05, 0.1) is 11.7 Å². The number of carbonyl (C=O) groups is 2. The second-order valence-corrected chi connectivity index (χ2v) is 13.0. The summed E-state index contributed by atoms with van der Waals surface area (Å²) in [5.41, 5.74) is 1.19. The Morgan fingerprint density at radius 3 is 2.34 bits per heavy atom. The Labute approximate surface area is 221 Å². The third-order valence-corrected chi connectivity index (χ3v) is 10.0. The summed E-state index contributed by atoms with van der Waals surface area (Å²) in [7, 11) is -0.242. The van der Waals surface area contributed by atoms with Gasteiger partial charge in [-0.25, -0.2) is 12.7 Å². The molecule has 0 unspecified atom stereocenters. The number of hydrogen-bond donors (Lipinski definition) is 1. The van der Waals surface area contributed by atoms with Crippen LogP contribution in [-0.2, 0) is 21.2 Å². The molecule has 3 aliphatic rings. The number of amides is 2. The first-order chi connectivity index (χ1) is 17.7. The highest BCUT2D eigenvalue weighted by Crippen LogP contribution is 2.41. The summed E-state index contributed by atoms with van der Waals surface area (Å²) in [5, 5.41) is 2.80. The average molecular weight is 557 g/mol. The predicted octanol–water partition coefficient (Wildman–Crippen LogP) is 3.30. The van der Waals surface area contributed by atoms with Gasteiger partial charge in [-0.1, -0.05) is 6.07 Å². The highest BCUT2D eigenvalue weighted by molar-refractivity contribution is 7.89. The molecule has 1 aliphatic carbocycles. The molecule has 1 spiro atoms. The van der Waals surface area contributed by atoms with Crippen molar-refractivity contribution < 1.29 is 31.2 Å². The Hall–Kier alpha value is -2.47. The lowest BCUT2D eigenvalue weighted by Crippen LogP contribution is -2.51. The van der Waals surface area contributed by atoms with Gasteiger partial charge in [0.2, 0.25) is 10.0 Å². The number of nitrogens with one attached hydrogen (secondary N) is 1. The van der Waals surface area contributed by atoms with E-state index < -0.39 is 27.7 Å². The quantitative estimate of drug-likeness (QED) is 0.581. The predicted molar refractivity (Wildman–Crippen MR) is 137 cm³/mol. The monoisotopic (exact) mass is 556 g/mol. The van der Waals surface area contributed by atoms with E-state index in [-0.39, 0.29) is 62.3 Å². The van der Waals surface area contributed by atoms with E-state index in [4.69, 9.17) is 0 Å². The molecule has 0 radical (unpaired) electrons. The van der Waals surface area contributed by atoms with E-state index in [2.05, 4.69) is 10.3 Å². The molecular formula is C26H35F3N4O4S. The largest absolute Gasteiger partial charge is 0.391 e. The van der Waals surface area contributed by atoms with Crippen molar-refractivity contribution in [2.75, 3.05) is 32.9 Å². The number of rotatable bonds is 6. The zero-order valence-electron chi connectivity index (χ0n) is 22.0. The zero-order chi connectivity index (χ0) is 27.9. The molecule has 2 heterocycles. The van der Waals surface area contributed by atoms with Gasteiger partial charge in [0.15, 0.2) is 0 Å². The number of alkyl halides is 3. The Kier molecular flexibility index (Phi) is 7.96. The molecule has 0 bridgehead atoms. The van der Waals surface area contributed by atoms with Crippen LogP contribution in [0.1, 0.15) is 60.0 Å². The van der Waals surface area contributed by atoms with Gasteiger partial charge in [-0.05, 0) is 75.1 Å². The van der Waals surface area contributed by atoms with Gasteiger partial charge >= 0.3 is 6.18 Å². The van der Waals surface area contributed by atoms with E-state index in [1.165, 1.54) is 9.21 Å². The van der Waals surface area contributed by atoms with Crippen molar-refractivity contribution in [3.8, 4) is 0 Å². The van der Waals surface area contributed by atoms with E-state index in [0.29, 0.717) is 30.7 Å². The lowest BCUT2D eigenvalue weighted by molar-refractivity contribution is -0.182. The molecule has 0 aromatic heterocycles. The van der Waals surface area contributed by atoms with Gasteiger partial charge in [-0.3, -0.25) is 14.6 Å². The molecule has 2 fully saturated rings. The number of hydrogen-bond acceptors (Lipinski definition) is 5. The number of carbonyl (C=O) groups excluding carboxylic acids is 2. The minimum Gasteiger partial charge on any atom is -0.345 e. The SMILES string of the molecule is Cc1cc(C(=O)N(C)C)ccc1CCS(=O)(=O)N1CCC2(CC1)N=C(C1CCC(C(F)(F)F)CC1)NC2=O. The van der Waals surface area contributed by atoms with Crippen molar-refractivity contribution in [1.29, 1.82) is 0 Å². The molecule has 0 atom stereocenters. The lowest BCUT2D eigenvalue weighted by Gasteiger charge is -2.34. The summed E-state index contributed by atoms with van der Waals surface area (Å²) in [6.45, 7) is 2.16. The van der Waals surface area contributed by atoms with Crippen LogP contribution >= 0.6 is 0 Å². The molecule has 12 heteroatoms. The highest BCUT2D eigenvalue weighted by Gasteiger charge is 2.49. The van der Waals surface area contributed by atoms with E-state index in [9.17, 15) is 31.2 Å². The molecule has 2 amide bonds. The summed E-state index contributed by atoms with van der Waals surface area (Å²) < 4.78 is 66.6. The van der Waals surface area contributed by atoms with Crippen molar-refractivity contribution in [3.05, 3.63) is 34.9 Å². The van der Waals surface area contributed by atoms with Crippen LogP contribution in [0.3, 0.4) is 0 Å². The first-order valence-electron chi connectivity index (χ1n) is 13.0. The summed E-state index contributed by atoms with van der Waals surface area (Å²) in [6.07, 6.45) is -2.73. The standard InChI is InChI=1S/C26H35F3N4O4S/c1-17-16-20(23(34)32(2)3)5-4-18(17)10-15-38(36,37)33-13-11-25(12-14-33)24(35)30-22(31-25)19-6-8-21(9-7-19)26(27,28)29/h4-5,16,19,21H,6-15H2,1-3H3,(H,30,31,35). The minimum atomic E-state index is -4.20. The van der Waals surface area contributed by atoms with Crippen LogP contribution in [0.25, 0.3) is 0 Å². The van der Waals surface area contributed by atoms with Crippen LogP contribution in [0.2, 0.25) is 0 Å². The Morgan fingerprint density at radius 2 is 1.79 bits per heavy atom. The Balaban J connectivity index is 1.34. The fourth-order valence-corrected chi connectivity index (χ4v) is 7.11. The molecule has 1 aromatic rings. The van der Waals surface area contributed by atoms with E-state index in [0.717, 1.165) is 11.1 Å². The number of sulfonamides is 1. The maximum Gasteiger partial charge on any atom is 0.391 e. The molecule has 210 valence electrons. The van der Waals surface area contributed by atoms with Crippen LogP contribution in [0.4, 0.5) is 13.2 Å². The number of aryl methyl sites for hydroxylation is 2. The molecule has 1 N–H and O–H groups in total. The summed E-state index contributed by atoms with van der Waals surface area (Å²) in [5.74, 6) is -1.55. The molecule has 1 aromatic carbocycles. The third-order valence-electron chi connectivity index (χ3n) is 8.14. The normalized spacial score (nSPS) is 24.3. The van der Waals surface area contributed by atoms with Gasteiger partial charge < -0.3 is 10.2 Å². The van der Waals surface area contributed by atoms with Gasteiger partial charge in [0, 0.05) is 38.7 Å². The second-order valence-electron chi connectivity index (χ2n) is 10.9. The smallest absolute Gasteiger partial charge is 0.345 e. The Bertz CT molecular complexity index is 1210. The minimum absolute atomic E-state index is 0.0240. The van der Waals surface area contributed by atoms with Crippen LogP contribution in [0, 0.1) is 18.8 Å². The van der Waals surface area contributed by atoms with Crippen molar-refractivity contribution >= 4 is 27.7 Å². The van der Waals surface area contributed by atoms with Gasteiger partial charge in [-0.15, -0.1) is 0 Å². The first kappa shape index (κ1) is 28.5. The van der Waals surface area contributed by atoms with E-state index in [1.54, 1.807) is 32.3 Å². The number of piperidine rings is 1. The highest BCUT2D eigenvalue weighted by atomic mass is 32.2. The zero-order valence-corrected chi connectivity index (χ0v) is 22.8. The van der Waals surface area contributed by atoms with Crippen molar-refractivity contribution in [2.45, 2.75) is 63.6 Å². The first-order valence-corrected chi connectivity index (χ1v) is 14.6. The van der Waals surface area contributed by atoms with Crippen LogP contribution in [0.15, 0.2) is 23.2 Å². The molecule has 38 heavy (non-hydrogen) atoms. The van der Waals surface area contributed by atoms with Crippen molar-refractivity contribution in [2.24, 2.45) is 16.8 Å². The van der Waals surface area contributed by atoms with Gasteiger partial charge in [0.25, 0.3) is 11.8 Å². The fraction of sp³-hybridized carbons (Fsp3) is 0.654.